The van der Waals surface area contributed by atoms with Crippen molar-refractivity contribution >= 4 is 46.4 Å². The Morgan fingerprint density at radius 3 is 2.12 bits per heavy atom. The van der Waals surface area contributed by atoms with Crippen molar-refractivity contribution in [1.82, 2.24) is 15.6 Å². The highest BCUT2D eigenvalue weighted by molar-refractivity contribution is 7.16. The van der Waals surface area contributed by atoms with Crippen LogP contribution >= 0.6 is 34.5 Å². The summed E-state index contributed by atoms with van der Waals surface area (Å²) in [5.41, 5.74) is 0.506. The van der Waals surface area contributed by atoms with Gasteiger partial charge >= 0.3 is 0 Å². The fraction of sp³-hybridized carbons (Fsp3) is 0.581. The van der Waals surface area contributed by atoms with E-state index in [9.17, 15) is 14.0 Å². The van der Waals surface area contributed by atoms with E-state index in [1.165, 1.54) is 31.2 Å². The molecule has 230 valence electrons. The molecule has 1 aliphatic heterocycles. The van der Waals surface area contributed by atoms with Crippen molar-refractivity contribution in [1.29, 1.82) is 0 Å². The SMILES string of the molecule is C/C=C(\C)Cl.CC.CC.CC.CC1CC(NC(=O)c2cnc(-c3cc(F)cc(Cl)c3)s2)C(=O)N1.CCCC(C)C. The zero-order valence-electron chi connectivity index (χ0n) is 26.5. The molecule has 2 unspecified atom stereocenters. The lowest BCUT2D eigenvalue weighted by atomic mass is 10.1. The van der Waals surface area contributed by atoms with Gasteiger partial charge in [0.1, 0.15) is 21.7 Å². The maximum atomic E-state index is 13.4. The number of carbonyl (C=O) groups excluding carboxylic acids is 2. The number of benzene rings is 1. The summed E-state index contributed by atoms with van der Waals surface area (Å²) in [7, 11) is 0. The summed E-state index contributed by atoms with van der Waals surface area (Å²) >= 11 is 12.3. The lowest BCUT2D eigenvalue weighted by Crippen LogP contribution is -2.39. The molecule has 0 spiro atoms. The van der Waals surface area contributed by atoms with Crippen LogP contribution in [0.15, 0.2) is 35.5 Å². The third-order valence-electron chi connectivity index (χ3n) is 4.70. The van der Waals surface area contributed by atoms with Gasteiger partial charge in [-0.15, -0.1) is 11.3 Å². The van der Waals surface area contributed by atoms with Crippen LogP contribution in [-0.4, -0.2) is 28.9 Å². The van der Waals surface area contributed by atoms with Crippen molar-refractivity contribution in [3.05, 3.63) is 51.2 Å². The molecule has 0 radical (unpaired) electrons. The molecule has 2 heterocycles. The van der Waals surface area contributed by atoms with Crippen LogP contribution in [0.25, 0.3) is 10.6 Å². The Labute approximate surface area is 257 Å². The highest BCUT2D eigenvalue weighted by Crippen LogP contribution is 2.28. The van der Waals surface area contributed by atoms with E-state index < -0.39 is 11.9 Å². The van der Waals surface area contributed by atoms with E-state index in [-0.39, 0.29) is 22.9 Å². The summed E-state index contributed by atoms with van der Waals surface area (Å²) < 4.78 is 13.4. The molecule has 9 heteroatoms. The van der Waals surface area contributed by atoms with Gasteiger partial charge in [-0.1, -0.05) is 104 Å². The van der Waals surface area contributed by atoms with E-state index >= 15 is 0 Å². The molecule has 0 saturated carbocycles. The largest absolute Gasteiger partial charge is 0.352 e. The fourth-order valence-electron chi connectivity index (χ4n) is 2.98. The van der Waals surface area contributed by atoms with Crippen molar-refractivity contribution in [2.24, 2.45) is 5.92 Å². The summed E-state index contributed by atoms with van der Waals surface area (Å²) in [6.45, 7) is 24.4. The van der Waals surface area contributed by atoms with Crippen LogP contribution in [0.5, 0.6) is 0 Å². The Morgan fingerprint density at radius 2 is 1.75 bits per heavy atom. The second-order valence-corrected chi connectivity index (χ2v) is 10.5. The summed E-state index contributed by atoms with van der Waals surface area (Å²) in [5, 5.41) is 7.03. The number of allylic oxidation sites excluding steroid dienone is 2. The van der Waals surface area contributed by atoms with E-state index in [1.54, 1.807) is 6.07 Å². The number of carbonyl (C=O) groups is 2. The maximum Gasteiger partial charge on any atom is 0.263 e. The summed E-state index contributed by atoms with van der Waals surface area (Å²) in [6, 6.07) is 3.59. The maximum absolute atomic E-state index is 13.4. The van der Waals surface area contributed by atoms with Gasteiger partial charge in [-0.05, 0) is 51.3 Å². The zero-order chi connectivity index (χ0) is 31.8. The second-order valence-electron chi connectivity index (χ2n) is 8.42. The van der Waals surface area contributed by atoms with Gasteiger partial charge < -0.3 is 10.6 Å². The first-order valence-electron chi connectivity index (χ1n) is 14.3. The average molecular weight is 621 g/mol. The Hall–Kier alpha value is -1.96. The van der Waals surface area contributed by atoms with Crippen LogP contribution in [0.4, 0.5) is 4.39 Å². The van der Waals surface area contributed by atoms with Gasteiger partial charge in [0.05, 0.1) is 6.20 Å². The normalized spacial score (nSPS) is 15.2. The first-order valence-corrected chi connectivity index (χ1v) is 15.9. The van der Waals surface area contributed by atoms with E-state index in [0.717, 1.165) is 22.3 Å². The number of thiazole rings is 1. The highest BCUT2D eigenvalue weighted by Gasteiger charge is 2.31. The van der Waals surface area contributed by atoms with Crippen LogP contribution in [0.1, 0.15) is 112 Å². The molecule has 2 N–H and O–H groups in total. The van der Waals surface area contributed by atoms with E-state index in [4.69, 9.17) is 23.2 Å². The Bertz CT molecular complexity index is 957. The smallest absolute Gasteiger partial charge is 0.263 e. The third-order valence-corrected chi connectivity index (χ3v) is 6.18. The molecule has 1 aromatic heterocycles. The van der Waals surface area contributed by atoms with Crippen LogP contribution in [0.3, 0.4) is 0 Å². The topological polar surface area (TPSA) is 71.1 Å². The van der Waals surface area contributed by atoms with Gasteiger partial charge in [-0.25, -0.2) is 9.37 Å². The quantitative estimate of drug-likeness (QED) is 0.349. The number of nitrogens with one attached hydrogen (secondary N) is 2. The highest BCUT2D eigenvalue weighted by atomic mass is 35.5. The predicted octanol–water partition coefficient (Wildman–Crippen LogP) is 10.3. The summed E-state index contributed by atoms with van der Waals surface area (Å²) in [5.74, 6) is -0.127. The van der Waals surface area contributed by atoms with Crippen LogP contribution in [-0.2, 0) is 4.79 Å². The van der Waals surface area contributed by atoms with Crippen molar-refractivity contribution in [2.75, 3.05) is 0 Å². The third kappa shape index (κ3) is 19.2. The monoisotopic (exact) mass is 619 g/mol. The number of nitrogens with zero attached hydrogens (tertiary/aromatic N) is 1. The van der Waals surface area contributed by atoms with E-state index in [2.05, 4.69) is 36.4 Å². The molecule has 1 fully saturated rings. The van der Waals surface area contributed by atoms with Gasteiger partial charge in [0, 0.05) is 21.7 Å². The minimum Gasteiger partial charge on any atom is -0.352 e. The minimum absolute atomic E-state index is 0.0410. The first-order chi connectivity index (χ1) is 19.0. The van der Waals surface area contributed by atoms with E-state index in [1.807, 2.05) is 68.4 Å². The molecule has 5 nitrogen and oxygen atoms in total. The van der Waals surface area contributed by atoms with Gasteiger partial charge in [0.2, 0.25) is 5.91 Å². The Balaban J connectivity index is -0.000000670. The molecule has 2 amide bonds. The molecule has 3 rings (SSSR count). The first kappa shape index (κ1) is 42.5. The van der Waals surface area contributed by atoms with Gasteiger partial charge in [0.15, 0.2) is 0 Å². The molecule has 40 heavy (non-hydrogen) atoms. The number of aromatic nitrogens is 1. The van der Waals surface area contributed by atoms with Gasteiger partial charge in [-0.2, -0.15) is 0 Å². The van der Waals surface area contributed by atoms with Gasteiger partial charge in [-0.3, -0.25) is 9.59 Å². The molecule has 2 atom stereocenters. The number of hydrogen-bond acceptors (Lipinski definition) is 4. The van der Waals surface area contributed by atoms with Gasteiger partial charge in [0.25, 0.3) is 5.91 Å². The molecular formula is C31H52Cl2FN3O2S. The fourth-order valence-corrected chi connectivity index (χ4v) is 4.01. The number of amides is 2. The van der Waals surface area contributed by atoms with Crippen LogP contribution in [0, 0.1) is 11.7 Å². The van der Waals surface area contributed by atoms with Crippen molar-refractivity contribution in [3.8, 4) is 10.6 Å². The standard InChI is InChI=1S/C15H13ClFN3O2S.C6H14.C4H7Cl.3C2H6/c1-7-2-11(13(21)19-7)20-14(22)12-6-18-15(23-12)8-3-9(16)5-10(17)4-8;1-4-5-6(2)3;1-3-4(2)5;3*1-2/h3-7,11H,2H2,1H3,(H,19,21)(H,20,22);6H,4-5H2,1-3H3;3H,1-2H3;3*1-2H3/b;;4-3+;;;. The number of hydrogen-bond donors (Lipinski definition) is 2. The molecule has 2 aromatic rings. The van der Waals surface area contributed by atoms with Crippen molar-refractivity contribution in [2.45, 2.75) is 114 Å². The Kier molecular flexibility index (Phi) is 27.6. The average Bonchev–Trinajstić information content (AvgIpc) is 3.54. The lowest BCUT2D eigenvalue weighted by molar-refractivity contribution is -0.120. The number of rotatable bonds is 5. The van der Waals surface area contributed by atoms with Crippen molar-refractivity contribution in [3.63, 3.8) is 0 Å². The summed E-state index contributed by atoms with van der Waals surface area (Å²) in [6.07, 6.45) is 6.51. The minimum atomic E-state index is -0.535. The molecule has 0 aliphatic carbocycles. The molecule has 1 aromatic carbocycles. The van der Waals surface area contributed by atoms with E-state index in [0.29, 0.717) is 21.9 Å². The zero-order valence-corrected chi connectivity index (χ0v) is 28.9. The number of halogens is 3. The lowest BCUT2D eigenvalue weighted by Gasteiger charge is -2.08. The van der Waals surface area contributed by atoms with Crippen molar-refractivity contribution < 1.29 is 14.0 Å². The molecular weight excluding hydrogens is 568 g/mol. The second kappa shape index (κ2) is 26.0. The van der Waals surface area contributed by atoms with Crippen LogP contribution in [0.2, 0.25) is 5.02 Å². The summed E-state index contributed by atoms with van der Waals surface area (Å²) in [4.78, 5) is 28.4. The molecule has 1 aliphatic rings. The molecule has 1 saturated heterocycles. The predicted molar refractivity (Wildman–Crippen MR) is 175 cm³/mol. The Morgan fingerprint density at radius 1 is 1.20 bits per heavy atom. The van der Waals surface area contributed by atoms with Crippen LogP contribution < -0.4 is 10.6 Å². The molecule has 0 bridgehead atoms.